The number of hydrogen-bond acceptors (Lipinski definition) is 1. The minimum absolute atomic E-state index is 0.127. The topological polar surface area (TPSA) is 29.1 Å². The van der Waals surface area contributed by atoms with Crippen molar-refractivity contribution in [3.63, 3.8) is 0 Å². The number of nitrogens with one attached hydrogen (secondary N) is 1. The summed E-state index contributed by atoms with van der Waals surface area (Å²) in [5.41, 5.74) is 0. The number of carbonyl (C=O) groups is 1. The predicted molar refractivity (Wildman–Crippen MR) is 36.3 cm³/mol. The molecule has 2 nitrogen and oxygen atoms in total. The molecule has 0 aliphatic carbocycles. The number of halogens is 1. The normalized spacial score (nSPS) is 13.5. The highest BCUT2D eigenvalue weighted by atomic mass is 35.5. The molecule has 0 fully saturated rings. The van der Waals surface area contributed by atoms with Crippen LogP contribution in [0, 0.1) is 0 Å². The van der Waals surface area contributed by atoms with Crippen molar-refractivity contribution in [2.75, 3.05) is 0 Å². The summed E-state index contributed by atoms with van der Waals surface area (Å²) >= 11 is 5.62. The molecule has 0 heterocycles. The van der Waals surface area contributed by atoms with Gasteiger partial charge in [-0.3, -0.25) is 4.79 Å². The van der Waals surface area contributed by atoms with Gasteiger partial charge >= 0.3 is 0 Å². The monoisotopic (exact) mass is 150 g/mol. The molecule has 0 aromatic heterocycles. The summed E-state index contributed by atoms with van der Waals surface area (Å²) in [4.78, 5) is 9.74. The summed E-state index contributed by atoms with van der Waals surface area (Å²) in [6.45, 7) is 4.08. The summed E-state index contributed by atoms with van der Waals surface area (Å²) in [5.74, 6) is 0. The van der Waals surface area contributed by atoms with Crippen LogP contribution in [0.2, 0.25) is 13.1 Å². The van der Waals surface area contributed by atoms with E-state index in [-0.39, 0.29) is 5.12 Å². The van der Waals surface area contributed by atoms with Gasteiger partial charge in [-0.25, -0.2) is 0 Å². The van der Waals surface area contributed by atoms with Crippen LogP contribution in [-0.4, -0.2) is 20.3 Å². The molecule has 0 rings (SSSR count). The third-order valence-corrected chi connectivity index (χ3v) is 3.34. The van der Waals surface area contributed by atoms with Crippen molar-refractivity contribution in [2.45, 2.75) is 18.2 Å². The van der Waals surface area contributed by atoms with E-state index in [1.807, 2.05) is 13.1 Å². The minimum Gasteiger partial charge on any atom is -0.346 e. The molecule has 0 aromatic rings. The van der Waals surface area contributed by atoms with Crippen molar-refractivity contribution < 1.29 is 4.79 Å². The zero-order valence-electron chi connectivity index (χ0n) is 4.94. The second-order valence-electron chi connectivity index (χ2n) is 1.72. The van der Waals surface area contributed by atoms with E-state index in [9.17, 15) is 4.79 Å². The highest BCUT2D eigenvalue weighted by Crippen LogP contribution is 1.94. The van der Waals surface area contributed by atoms with Gasteiger partial charge < -0.3 is 5.32 Å². The van der Waals surface area contributed by atoms with Crippen molar-refractivity contribution >= 4 is 26.8 Å². The molecule has 8 heavy (non-hydrogen) atoms. The molecule has 0 spiro atoms. The smallest absolute Gasteiger partial charge is 0.208 e. The Balaban J connectivity index is 3.30. The highest BCUT2D eigenvalue weighted by Gasteiger charge is 2.07. The first-order chi connectivity index (χ1) is 3.68. The van der Waals surface area contributed by atoms with Crippen LogP contribution < -0.4 is 5.32 Å². The average molecular weight is 151 g/mol. The molecule has 1 radical (unpaired) electrons. The van der Waals surface area contributed by atoms with Crippen LogP contribution in [0.3, 0.4) is 0 Å². The number of hydrogen-bond donors (Lipinski definition) is 1. The van der Waals surface area contributed by atoms with Gasteiger partial charge in [0.2, 0.25) is 6.41 Å². The van der Waals surface area contributed by atoms with Crippen LogP contribution in [0.15, 0.2) is 0 Å². The van der Waals surface area contributed by atoms with Gasteiger partial charge in [-0.1, -0.05) is 13.1 Å². The Morgan fingerprint density at radius 1 is 1.75 bits per heavy atom. The maximum Gasteiger partial charge on any atom is 0.208 e. The number of alkyl halides is 1. The fraction of sp³-hybridized carbons (Fsp3) is 0.750. The Hall–Kier alpha value is -0.0231. The average Bonchev–Trinajstić information content (AvgIpc) is 1.67. The highest BCUT2D eigenvalue weighted by molar-refractivity contribution is 6.67. The molecule has 0 saturated heterocycles. The SMILES string of the molecule is C[Si](C)C(Cl)NC=O. The quantitative estimate of drug-likeness (QED) is 0.271. The van der Waals surface area contributed by atoms with Crippen LogP contribution in [0.25, 0.3) is 0 Å². The lowest BCUT2D eigenvalue weighted by atomic mass is 11.2. The molecule has 4 heteroatoms. The Kier molecular flexibility index (Phi) is 3.91. The maximum atomic E-state index is 9.74. The molecule has 0 aliphatic rings. The van der Waals surface area contributed by atoms with Crippen molar-refractivity contribution in [2.24, 2.45) is 0 Å². The summed E-state index contributed by atoms with van der Waals surface area (Å²) in [7, 11) is -0.552. The minimum atomic E-state index is -0.552. The fourth-order valence-corrected chi connectivity index (χ4v) is 0.679. The van der Waals surface area contributed by atoms with Gasteiger partial charge in [0.05, 0.1) is 13.9 Å². The molecule has 0 saturated carbocycles. The third kappa shape index (κ3) is 3.04. The van der Waals surface area contributed by atoms with E-state index in [0.29, 0.717) is 6.41 Å². The van der Waals surface area contributed by atoms with Crippen LogP contribution in [-0.2, 0) is 4.79 Å². The number of amides is 1. The molecule has 47 valence electrons. The molecule has 0 aromatic carbocycles. The molecule has 1 N–H and O–H groups in total. The van der Waals surface area contributed by atoms with Crippen molar-refractivity contribution in [3.8, 4) is 0 Å². The van der Waals surface area contributed by atoms with E-state index in [4.69, 9.17) is 11.6 Å². The van der Waals surface area contributed by atoms with Crippen LogP contribution in [0.4, 0.5) is 0 Å². The van der Waals surface area contributed by atoms with E-state index < -0.39 is 8.80 Å². The molecule has 0 bridgehead atoms. The van der Waals surface area contributed by atoms with E-state index in [2.05, 4.69) is 5.32 Å². The van der Waals surface area contributed by atoms with Crippen molar-refractivity contribution in [1.82, 2.24) is 5.32 Å². The van der Waals surface area contributed by atoms with Gasteiger partial charge in [0.25, 0.3) is 0 Å². The van der Waals surface area contributed by atoms with Gasteiger partial charge in [-0.05, 0) is 0 Å². The van der Waals surface area contributed by atoms with E-state index >= 15 is 0 Å². The third-order valence-electron chi connectivity index (χ3n) is 0.721. The fourth-order valence-electron chi connectivity index (χ4n) is 0.226. The molecular weight excluding hydrogens is 142 g/mol. The van der Waals surface area contributed by atoms with E-state index in [1.165, 1.54) is 0 Å². The van der Waals surface area contributed by atoms with Gasteiger partial charge in [-0.2, -0.15) is 0 Å². The standard InChI is InChI=1S/C4H9ClNOSi/c1-8(2)4(5)6-3-7/h3-4H,1-2H3,(H,6,7). The molecular formula is C4H9ClNOSi. The van der Waals surface area contributed by atoms with E-state index in [0.717, 1.165) is 0 Å². The summed E-state index contributed by atoms with van der Waals surface area (Å²) in [6, 6.07) is 0. The van der Waals surface area contributed by atoms with Crippen LogP contribution in [0.5, 0.6) is 0 Å². The lowest BCUT2D eigenvalue weighted by Crippen LogP contribution is -2.33. The lowest BCUT2D eigenvalue weighted by molar-refractivity contribution is -0.109. The molecule has 1 unspecified atom stereocenters. The Morgan fingerprint density at radius 2 is 2.25 bits per heavy atom. The Morgan fingerprint density at radius 3 is 2.38 bits per heavy atom. The van der Waals surface area contributed by atoms with Crippen molar-refractivity contribution in [3.05, 3.63) is 0 Å². The second-order valence-corrected chi connectivity index (χ2v) is 5.26. The zero-order chi connectivity index (χ0) is 6.57. The lowest BCUT2D eigenvalue weighted by Gasteiger charge is -2.08. The summed E-state index contributed by atoms with van der Waals surface area (Å²) < 4.78 is 0. The first-order valence-electron chi connectivity index (χ1n) is 2.32. The molecule has 0 aliphatic heterocycles. The summed E-state index contributed by atoms with van der Waals surface area (Å²) in [6.07, 6.45) is 0.634. The largest absolute Gasteiger partial charge is 0.346 e. The van der Waals surface area contributed by atoms with Crippen LogP contribution in [0.1, 0.15) is 0 Å². The van der Waals surface area contributed by atoms with Gasteiger partial charge in [0, 0.05) is 0 Å². The second kappa shape index (κ2) is 3.92. The molecule has 1 amide bonds. The predicted octanol–water partition coefficient (Wildman–Crippen LogP) is 0.591. The number of rotatable bonds is 3. The summed E-state index contributed by atoms with van der Waals surface area (Å²) in [5, 5.41) is 2.35. The first kappa shape index (κ1) is 7.98. The Bertz CT molecular complexity index is 78.4. The van der Waals surface area contributed by atoms with Gasteiger partial charge in [0.15, 0.2) is 0 Å². The molecule has 1 atom stereocenters. The van der Waals surface area contributed by atoms with Crippen molar-refractivity contribution in [1.29, 1.82) is 0 Å². The van der Waals surface area contributed by atoms with E-state index in [1.54, 1.807) is 0 Å². The first-order valence-corrected chi connectivity index (χ1v) is 5.33. The van der Waals surface area contributed by atoms with Gasteiger partial charge in [-0.15, -0.1) is 11.6 Å². The van der Waals surface area contributed by atoms with Crippen LogP contribution >= 0.6 is 11.6 Å². The maximum absolute atomic E-state index is 9.74. The number of carbonyl (C=O) groups excluding carboxylic acids is 1. The zero-order valence-corrected chi connectivity index (χ0v) is 6.70. The van der Waals surface area contributed by atoms with Gasteiger partial charge in [0.1, 0.15) is 0 Å². The Labute approximate surface area is 55.8 Å².